The van der Waals surface area contributed by atoms with Crippen LogP contribution in [0.2, 0.25) is 0 Å². The van der Waals surface area contributed by atoms with Crippen molar-refractivity contribution in [1.82, 2.24) is 0 Å². The first-order chi connectivity index (χ1) is 2.00. The van der Waals surface area contributed by atoms with Crippen molar-refractivity contribution in [1.29, 1.82) is 0 Å². The summed E-state index contributed by atoms with van der Waals surface area (Å²) in [6, 6.07) is 0. The molecule has 4 heteroatoms. The van der Waals surface area contributed by atoms with E-state index in [2.05, 4.69) is 28.2 Å². The van der Waals surface area contributed by atoms with Crippen LogP contribution in [-0.2, 0) is 0 Å². The molecule has 0 fully saturated rings. The molecule has 3 nitrogen and oxygen atoms in total. The topological polar surface area (TPSA) is 60.0 Å². The van der Waals surface area contributed by atoms with Crippen LogP contribution in [0.3, 0.4) is 0 Å². The van der Waals surface area contributed by atoms with Crippen molar-refractivity contribution in [2.75, 3.05) is 28.2 Å². The van der Waals surface area contributed by atoms with Crippen molar-refractivity contribution < 1.29 is 34.3 Å². The summed E-state index contributed by atoms with van der Waals surface area (Å²) in [5.74, 6) is 0. The standard InChI is InChI=1S/C4H12N.Li.2H2O/c1-5(2,3)4;;;/h1-4H3;;2*1H2/q2*+1;;/p-2. The first kappa shape index (κ1) is 23.6. The molecule has 0 rings (SSSR count). The van der Waals surface area contributed by atoms with E-state index in [-0.39, 0.29) is 29.8 Å². The zero-order chi connectivity index (χ0) is 4.50. The summed E-state index contributed by atoms with van der Waals surface area (Å²) < 4.78 is 1.00. The number of hydrogen-bond donors (Lipinski definition) is 0. The summed E-state index contributed by atoms with van der Waals surface area (Å²) >= 11 is 0. The maximum Gasteiger partial charge on any atom is 1.00 e. The van der Waals surface area contributed by atoms with Gasteiger partial charge in [0.1, 0.15) is 0 Å². The van der Waals surface area contributed by atoms with Crippen LogP contribution >= 0.6 is 0 Å². The summed E-state index contributed by atoms with van der Waals surface area (Å²) in [5, 5.41) is 0. The molecule has 0 aromatic carbocycles. The Morgan fingerprint density at radius 1 is 0.750 bits per heavy atom. The smallest absolute Gasteiger partial charge is 0.870 e. The average Bonchev–Trinajstić information content (AvgIpc) is 0.722. The molecule has 0 aliphatic carbocycles. The molecule has 2 N–H and O–H groups in total. The summed E-state index contributed by atoms with van der Waals surface area (Å²) in [6.07, 6.45) is 0. The van der Waals surface area contributed by atoms with Gasteiger partial charge in [-0.1, -0.05) is 0 Å². The Bertz CT molecular complexity index is 29.5. The number of hydrogen-bond acceptors (Lipinski definition) is 2. The van der Waals surface area contributed by atoms with Crippen molar-refractivity contribution in [2.45, 2.75) is 0 Å². The second-order valence-corrected chi connectivity index (χ2v) is 2.68. The molecule has 0 aromatic rings. The van der Waals surface area contributed by atoms with Crippen LogP contribution < -0.4 is 18.9 Å². The third-order valence-corrected chi connectivity index (χ3v) is 0. The molecule has 0 heterocycles. The van der Waals surface area contributed by atoms with Gasteiger partial charge in [-0.25, -0.2) is 0 Å². The Morgan fingerprint density at radius 3 is 0.750 bits per heavy atom. The predicted octanol–water partition coefficient (Wildman–Crippen LogP) is -3.03. The molecule has 0 bridgehead atoms. The minimum Gasteiger partial charge on any atom is -0.870 e. The van der Waals surface area contributed by atoms with E-state index in [1.54, 1.807) is 0 Å². The van der Waals surface area contributed by atoms with Gasteiger partial charge < -0.3 is 15.4 Å². The summed E-state index contributed by atoms with van der Waals surface area (Å²) in [5.41, 5.74) is 0. The third kappa shape index (κ3) is 853. The minimum atomic E-state index is 0. The van der Waals surface area contributed by atoms with Gasteiger partial charge in [0.2, 0.25) is 0 Å². The maximum atomic E-state index is 2.12. The fourth-order valence-corrected chi connectivity index (χ4v) is 0. The average molecular weight is 115 g/mol. The molecule has 0 spiro atoms. The molecule has 8 heavy (non-hydrogen) atoms. The molecule has 0 saturated carbocycles. The monoisotopic (exact) mass is 115 g/mol. The number of quaternary nitrogens is 1. The predicted molar refractivity (Wildman–Crippen MR) is 27.8 cm³/mol. The van der Waals surface area contributed by atoms with Gasteiger partial charge in [0.15, 0.2) is 0 Å². The van der Waals surface area contributed by atoms with Gasteiger partial charge in [-0.3, -0.25) is 0 Å². The quantitative estimate of drug-likeness (QED) is 0.249. The van der Waals surface area contributed by atoms with E-state index in [0.717, 1.165) is 4.48 Å². The van der Waals surface area contributed by atoms with Crippen molar-refractivity contribution >= 4 is 0 Å². The maximum absolute atomic E-state index is 2.12. The van der Waals surface area contributed by atoms with Crippen molar-refractivity contribution in [3.8, 4) is 0 Å². The molecule has 48 valence electrons. The van der Waals surface area contributed by atoms with Gasteiger partial charge in [0.25, 0.3) is 0 Å². The number of rotatable bonds is 0. The first-order valence-corrected chi connectivity index (χ1v) is 1.79. The Balaban J connectivity index is -0.0000000267. The molecular formula is C4H14LiNO2. The Kier molecular flexibility index (Phi) is 22.1. The van der Waals surface area contributed by atoms with Gasteiger partial charge >= 0.3 is 18.9 Å². The second-order valence-electron chi connectivity index (χ2n) is 2.68. The van der Waals surface area contributed by atoms with Crippen LogP contribution in [-0.4, -0.2) is 43.6 Å². The Morgan fingerprint density at radius 2 is 0.750 bits per heavy atom. The minimum absolute atomic E-state index is 0. The van der Waals surface area contributed by atoms with Crippen LogP contribution in [0, 0.1) is 0 Å². The van der Waals surface area contributed by atoms with Crippen LogP contribution in [0.4, 0.5) is 0 Å². The molecule has 0 amide bonds. The van der Waals surface area contributed by atoms with Gasteiger partial charge in [0.05, 0.1) is 28.2 Å². The van der Waals surface area contributed by atoms with E-state index in [1.165, 1.54) is 0 Å². The van der Waals surface area contributed by atoms with Crippen molar-refractivity contribution in [2.24, 2.45) is 0 Å². The van der Waals surface area contributed by atoms with Gasteiger partial charge in [-0.05, 0) is 0 Å². The SMILES string of the molecule is C[N+](C)(C)C.[Li+].[OH-].[OH-]. The summed E-state index contributed by atoms with van der Waals surface area (Å²) in [6.45, 7) is 0. The summed E-state index contributed by atoms with van der Waals surface area (Å²) in [4.78, 5) is 0. The molecule has 0 aliphatic rings. The Hall–Kier alpha value is 0.477. The fourth-order valence-electron chi connectivity index (χ4n) is 0. The van der Waals surface area contributed by atoms with E-state index in [9.17, 15) is 0 Å². The van der Waals surface area contributed by atoms with E-state index in [1.807, 2.05) is 0 Å². The van der Waals surface area contributed by atoms with Gasteiger partial charge in [-0.15, -0.1) is 0 Å². The van der Waals surface area contributed by atoms with Crippen molar-refractivity contribution in [3.63, 3.8) is 0 Å². The Labute approximate surface area is 63.1 Å². The summed E-state index contributed by atoms with van der Waals surface area (Å²) in [7, 11) is 8.50. The fraction of sp³-hybridized carbons (Fsp3) is 1.00. The molecule has 0 saturated heterocycles. The van der Waals surface area contributed by atoms with Gasteiger partial charge in [0, 0.05) is 0 Å². The van der Waals surface area contributed by atoms with Crippen LogP contribution in [0.25, 0.3) is 0 Å². The van der Waals surface area contributed by atoms with Crippen LogP contribution in [0.5, 0.6) is 0 Å². The first-order valence-electron chi connectivity index (χ1n) is 1.79. The number of nitrogens with zero attached hydrogens (tertiary/aromatic N) is 1. The zero-order valence-corrected chi connectivity index (χ0v) is 6.34. The van der Waals surface area contributed by atoms with Crippen LogP contribution in [0.15, 0.2) is 0 Å². The molecular weight excluding hydrogens is 101 g/mol. The molecule has 0 aliphatic heterocycles. The molecule has 0 radical (unpaired) electrons. The van der Waals surface area contributed by atoms with Crippen LogP contribution in [0.1, 0.15) is 0 Å². The largest absolute Gasteiger partial charge is 1.00 e. The molecule has 0 unspecified atom stereocenters. The van der Waals surface area contributed by atoms with Gasteiger partial charge in [-0.2, -0.15) is 0 Å². The van der Waals surface area contributed by atoms with E-state index < -0.39 is 0 Å². The second kappa shape index (κ2) is 7.48. The normalized spacial score (nSPS) is 7.50. The van der Waals surface area contributed by atoms with E-state index in [0.29, 0.717) is 0 Å². The van der Waals surface area contributed by atoms with E-state index >= 15 is 0 Å². The molecule has 0 aromatic heterocycles. The van der Waals surface area contributed by atoms with Crippen molar-refractivity contribution in [3.05, 3.63) is 0 Å². The van der Waals surface area contributed by atoms with E-state index in [4.69, 9.17) is 0 Å². The zero-order valence-electron chi connectivity index (χ0n) is 6.34. The molecule has 0 atom stereocenters. The third-order valence-electron chi connectivity index (χ3n) is 0.